The summed E-state index contributed by atoms with van der Waals surface area (Å²) in [5.41, 5.74) is 0. The van der Waals surface area contributed by atoms with E-state index in [1.54, 1.807) is 0 Å². The molecular weight excluding hydrogens is 176 g/mol. The quantitative estimate of drug-likeness (QED) is 0.615. The van der Waals surface area contributed by atoms with E-state index in [-0.39, 0.29) is 17.4 Å². The third-order valence-corrected chi connectivity index (χ3v) is 2.04. The van der Waals surface area contributed by atoms with Gasteiger partial charge in [0.05, 0.1) is 5.75 Å². The Morgan fingerprint density at radius 2 is 2.20 bits per heavy atom. The van der Waals surface area contributed by atoms with E-state index in [0.29, 0.717) is 0 Å². The summed E-state index contributed by atoms with van der Waals surface area (Å²) >= 11 is 5.26. The molecule has 3 nitrogen and oxygen atoms in total. The molecule has 0 aliphatic carbocycles. The highest BCUT2D eigenvalue weighted by molar-refractivity contribution is 7.86. The lowest BCUT2D eigenvalue weighted by atomic mass is 10.7. The predicted molar refractivity (Wildman–Crippen MR) is 40.4 cm³/mol. The molecule has 0 aromatic carbocycles. The van der Waals surface area contributed by atoms with Gasteiger partial charge in [0.15, 0.2) is 0 Å². The molecule has 0 N–H and O–H groups in total. The van der Waals surface area contributed by atoms with Crippen molar-refractivity contribution in [2.24, 2.45) is 0 Å². The Labute approximate surface area is 65.8 Å². The highest BCUT2D eigenvalue weighted by atomic mass is 35.5. The molecule has 0 heterocycles. The second-order valence-corrected chi connectivity index (χ2v) is 4.09. The van der Waals surface area contributed by atoms with Crippen LogP contribution in [0.25, 0.3) is 0 Å². The first kappa shape index (κ1) is 9.94. The maximum Gasteiger partial charge on any atom is 0.267 e. The van der Waals surface area contributed by atoms with Crippen molar-refractivity contribution >= 4 is 21.7 Å². The second kappa shape index (κ2) is 3.95. The van der Waals surface area contributed by atoms with Crippen molar-refractivity contribution in [1.82, 2.24) is 0 Å². The van der Waals surface area contributed by atoms with Gasteiger partial charge in [-0.2, -0.15) is 8.42 Å². The summed E-state index contributed by atoms with van der Waals surface area (Å²) in [7, 11) is -3.36. The summed E-state index contributed by atoms with van der Waals surface area (Å²) in [5.74, 6) is -0.0445. The van der Waals surface area contributed by atoms with Crippen LogP contribution >= 0.6 is 11.6 Å². The summed E-state index contributed by atoms with van der Waals surface area (Å²) < 4.78 is 25.5. The minimum atomic E-state index is -3.36. The number of hydrogen-bond donors (Lipinski definition) is 0. The maximum absolute atomic E-state index is 10.6. The van der Waals surface area contributed by atoms with Gasteiger partial charge in [-0.15, -0.1) is 0 Å². The van der Waals surface area contributed by atoms with E-state index in [1.165, 1.54) is 6.92 Å². The zero-order valence-electron chi connectivity index (χ0n) is 5.63. The van der Waals surface area contributed by atoms with Gasteiger partial charge in [0.25, 0.3) is 10.1 Å². The van der Waals surface area contributed by atoms with Gasteiger partial charge in [-0.3, -0.25) is 4.18 Å². The third-order valence-electron chi connectivity index (χ3n) is 0.749. The topological polar surface area (TPSA) is 43.4 Å². The van der Waals surface area contributed by atoms with Crippen molar-refractivity contribution in [2.45, 2.75) is 6.92 Å². The molecule has 0 aromatic rings. The zero-order valence-corrected chi connectivity index (χ0v) is 7.20. The van der Waals surface area contributed by atoms with Gasteiger partial charge in [0.1, 0.15) is 6.61 Å². The molecule has 0 fully saturated rings. The van der Waals surface area contributed by atoms with Crippen LogP contribution in [0.3, 0.4) is 0 Å². The van der Waals surface area contributed by atoms with Gasteiger partial charge in [-0.25, -0.2) is 0 Å². The van der Waals surface area contributed by atoms with Gasteiger partial charge in [-0.1, -0.05) is 18.2 Å². The summed E-state index contributed by atoms with van der Waals surface area (Å²) in [4.78, 5) is 0. The van der Waals surface area contributed by atoms with E-state index in [2.05, 4.69) is 10.8 Å². The molecular formula is C5H9ClO3S. The van der Waals surface area contributed by atoms with Crippen LogP contribution in [0.2, 0.25) is 0 Å². The SMILES string of the molecule is C=C(Cl)COS(=O)(=O)CC. The fourth-order valence-electron chi connectivity index (χ4n) is 0.237. The van der Waals surface area contributed by atoms with Crippen LogP contribution in [0, 0.1) is 0 Å². The van der Waals surface area contributed by atoms with Crippen molar-refractivity contribution in [1.29, 1.82) is 0 Å². The molecule has 0 aliphatic rings. The molecule has 0 aliphatic heterocycles. The Morgan fingerprint density at radius 3 is 2.50 bits per heavy atom. The van der Waals surface area contributed by atoms with Crippen LogP contribution in [0.4, 0.5) is 0 Å². The molecule has 0 unspecified atom stereocenters. The monoisotopic (exact) mass is 184 g/mol. The smallest absolute Gasteiger partial charge is 0.264 e. The van der Waals surface area contributed by atoms with Crippen LogP contribution in [-0.2, 0) is 14.3 Å². The molecule has 0 aromatic heterocycles. The molecule has 0 bridgehead atoms. The summed E-state index contributed by atoms with van der Waals surface area (Å²) in [6, 6.07) is 0. The van der Waals surface area contributed by atoms with E-state index < -0.39 is 10.1 Å². The van der Waals surface area contributed by atoms with Crippen LogP contribution in [-0.4, -0.2) is 20.8 Å². The Balaban J connectivity index is 3.81. The van der Waals surface area contributed by atoms with E-state index in [1.807, 2.05) is 0 Å². The number of hydrogen-bond acceptors (Lipinski definition) is 3. The fraction of sp³-hybridized carbons (Fsp3) is 0.600. The Bertz CT molecular complexity index is 207. The van der Waals surface area contributed by atoms with E-state index >= 15 is 0 Å². The second-order valence-electron chi connectivity index (χ2n) is 1.63. The van der Waals surface area contributed by atoms with Gasteiger partial charge >= 0.3 is 0 Å². The standard InChI is InChI=1S/C5H9ClO3S/c1-3-10(7,8)9-4-5(2)6/h2-4H2,1H3. The van der Waals surface area contributed by atoms with Crippen molar-refractivity contribution in [3.05, 3.63) is 11.6 Å². The average Bonchev–Trinajstić information content (AvgIpc) is 1.85. The summed E-state index contributed by atoms with van der Waals surface area (Å²) in [6.07, 6.45) is 0. The van der Waals surface area contributed by atoms with E-state index in [4.69, 9.17) is 11.6 Å². The molecule has 0 saturated carbocycles. The van der Waals surface area contributed by atoms with Crippen LogP contribution in [0.1, 0.15) is 6.92 Å². The van der Waals surface area contributed by atoms with Gasteiger partial charge in [0.2, 0.25) is 0 Å². The van der Waals surface area contributed by atoms with Crippen LogP contribution < -0.4 is 0 Å². The highest BCUT2D eigenvalue weighted by Crippen LogP contribution is 2.00. The van der Waals surface area contributed by atoms with Gasteiger partial charge in [-0.05, 0) is 6.92 Å². The molecule has 5 heteroatoms. The lowest BCUT2D eigenvalue weighted by Crippen LogP contribution is -2.08. The molecule has 10 heavy (non-hydrogen) atoms. The molecule has 0 radical (unpaired) electrons. The molecule has 0 atom stereocenters. The largest absolute Gasteiger partial charge is 0.267 e. The first-order chi connectivity index (χ1) is 4.48. The van der Waals surface area contributed by atoms with Gasteiger partial charge in [0, 0.05) is 5.03 Å². The van der Waals surface area contributed by atoms with E-state index in [9.17, 15) is 8.42 Å². The van der Waals surface area contributed by atoms with Crippen molar-refractivity contribution < 1.29 is 12.6 Å². The normalized spacial score (nSPS) is 11.4. The third kappa shape index (κ3) is 4.78. The number of halogens is 1. The molecule has 60 valence electrons. The summed E-state index contributed by atoms with van der Waals surface area (Å²) in [5, 5.41) is 0.178. The highest BCUT2D eigenvalue weighted by Gasteiger charge is 2.06. The Hall–Kier alpha value is -0.0600. The van der Waals surface area contributed by atoms with Crippen molar-refractivity contribution in [2.75, 3.05) is 12.4 Å². The first-order valence-corrected chi connectivity index (χ1v) is 4.64. The Morgan fingerprint density at radius 1 is 1.70 bits per heavy atom. The minimum Gasteiger partial charge on any atom is -0.264 e. The lowest BCUT2D eigenvalue weighted by molar-refractivity contribution is 0.355. The Kier molecular flexibility index (Phi) is 3.93. The van der Waals surface area contributed by atoms with Crippen LogP contribution in [0.5, 0.6) is 0 Å². The van der Waals surface area contributed by atoms with Crippen molar-refractivity contribution in [3.63, 3.8) is 0 Å². The molecule has 0 rings (SSSR count). The molecule has 0 amide bonds. The average molecular weight is 185 g/mol. The zero-order chi connectivity index (χ0) is 8.20. The van der Waals surface area contributed by atoms with Crippen LogP contribution in [0.15, 0.2) is 11.6 Å². The predicted octanol–water partition coefficient (Wildman–Crippen LogP) is 1.11. The lowest BCUT2D eigenvalue weighted by Gasteiger charge is -1.99. The maximum atomic E-state index is 10.6. The first-order valence-electron chi connectivity index (χ1n) is 2.68. The molecule has 0 saturated heterocycles. The molecule has 0 spiro atoms. The minimum absolute atomic E-state index is 0.0445. The number of rotatable bonds is 4. The summed E-state index contributed by atoms with van der Waals surface area (Å²) in [6.45, 7) is 4.62. The fourth-order valence-corrected chi connectivity index (χ4v) is 0.845. The van der Waals surface area contributed by atoms with Gasteiger partial charge < -0.3 is 0 Å². The van der Waals surface area contributed by atoms with E-state index in [0.717, 1.165) is 0 Å². The van der Waals surface area contributed by atoms with Crippen molar-refractivity contribution in [3.8, 4) is 0 Å².